The van der Waals surface area contributed by atoms with Gasteiger partial charge >= 0.3 is 0 Å². The van der Waals surface area contributed by atoms with Gasteiger partial charge in [-0.25, -0.2) is 0 Å². The first-order chi connectivity index (χ1) is 11.7. The molecule has 0 aliphatic rings. The van der Waals surface area contributed by atoms with Gasteiger partial charge in [-0.1, -0.05) is 54.1 Å². The van der Waals surface area contributed by atoms with Crippen LogP contribution in [0.25, 0.3) is 0 Å². The van der Waals surface area contributed by atoms with Crippen molar-refractivity contribution in [2.24, 2.45) is 0 Å². The molecule has 0 aliphatic heterocycles. The van der Waals surface area contributed by atoms with E-state index in [0.717, 1.165) is 28.0 Å². The zero-order valence-corrected chi connectivity index (χ0v) is 15.3. The monoisotopic (exact) mass is 401 g/mol. The number of halogens is 2. The summed E-state index contributed by atoms with van der Waals surface area (Å²) in [6, 6.07) is 24.1. The Balaban J connectivity index is 1.53. The highest BCUT2D eigenvalue weighted by atomic mass is 79.9. The summed E-state index contributed by atoms with van der Waals surface area (Å²) < 4.78 is 6.69. The minimum atomic E-state index is 0.579. The summed E-state index contributed by atoms with van der Waals surface area (Å²) >= 11 is 9.49. The van der Waals surface area contributed by atoms with E-state index in [1.807, 2.05) is 48.5 Å². The molecule has 0 spiro atoms. The first-order valence-corrected chi connectivity index (χ1v) is 8.82. The highest BCUT2D eigenvalue weighted by Crippen LogP contribution is 2.26. The Morgan fingerprint density at radius 3 is 2.33 bits per heavy atom. The predicted molar refractivity (Wildman–Crippen MR) is 104 cm³/mol. The van der Waals surface area contributed by atoms with E-state index >= 15 is 0 Å². The number of rotatable bonds is 6. The van der Waals surface area contributed by atoms with Crippen LogP contribution < -0.4 is 10.1 Å². The van der Waals surface area contributed by atoms with Gasteiger partial charge in [0, 0.05) is 16.7 Å². The van der Waals surface area contributed by atoms with Gasteiger partial charge in [0.2, 0.25) is 0 Å². The standard InChI is InChI=1S/C20H17BrClNO/c21-19-11-8-17(12-20(19)22)23-13-15-6-9-18(10-7-15)24-14-16-4-2-1-3-5-16/h1-12,23H,13-14H2. The Bertz CT molecular complexity index is 790. The molecule has 0 bridgehead atoms. The molecule has 0 aliphatic carbocycles. The molecule has 2 nitrogen and oxygen atoms in total. The Morgan fingerprint density at radius 1 is 0.875 bits per heavy atom. The number of hydrogen-bond donors (Lipinski definition) is 1. The van der Waals surface area contributed by atoms with Gasteiger partial charge in [0.05, 0.1) is 5.02 Å². The summed E-state index contributed by atoms with van der Waals surface area (Å²) in [6.07, 6.45) is 0. The smallest absolute Gasteiger partial charge is 0.119 e. The number of hydrogen-bond acceptors (Lipinski definition) is 2. The third kappa shape index (κ3) is 4.76. The van der Waals surface area contributed by atoms with Gasteiger partial charge in [0.15, 0.2) is 0 Å². The van der Waals surface area contributed by atoms with E-state index in [4.69, 9.17) is 16.3 Å². The summed E-state index contributed by atoms with van der Waals surface area (Å²) in [7, 11) is 0. The van der Waals surface area contributed by atoms with Crippen LogP contribution in [0.15, 0.2) is 77.3 Å². The van der Waals surface area contributed by atoms with E-state index in [1.165, 1.54) is 5.56 Å². The SMILES string of the molecule is Clc1cc(NCc2ccc(OCc3ccccc3)cc2)ccc1Br. The Morgan fingerprint density at radius 2 is 1.62 bits per heavy atom. The van der Waals surface area contributed by atoms with Gasteiger partial charge in [0.1, 0.15) is 12.4 Å². The molecule has 3 aromatic rings. The van der Waals surface area contributed by atoms with E-state index in [2.05, 4.69) is 45.5 Å². The lowest BCUT2D eigenvalue weighted by Crippen LogP contribution is -2.00. The molecule has 0 saturated carbocycles. The average Bonchev–Trinajstić information content (AvgIpc) is 2.63. The molecule has 0 amide bonds. The van der Waals surface area contributed by atoms with Crippen LogP contribution in [-0.4, -0.2) is 0 Å². The fourth-order valence-corrected chi connectivity index (χ4v) is 2.68. The van der Waals surface area contributed by atoms with Crippen molar-refractivity contribution in [3.05, 3.63) is 93.4 Å². The molecule has 24 heavy (non-hydrogen) atoms. The molecule has 0 radical (unpaired) electrons. The first-order valence-electron chi connectivity index (χ1n) is 7.65. The number of anilines is 1. The Labute approximate surface area is 155 Å². The van der Waals surface area contributed by atoms with E-state index in [0.29, 0.717) is 11.6 Å². The second-order valence-electron chi connectivity index (χ2n) is 5.40. The largest absolute Gasteiger partial charge is 0.489 e. The van der Waals surface area contributed by atoms with E-state index in [-0.39, 0.29) is 0 Å². The third-order valence-corrected chi connectivity index (χ3v) is 4.82. The number of ether oxygens (including phenoxy) is 1. The van der Waals surface area contributed by atoms with Gasteiger partial charge in [-0.15, -0.1) is 0 Å². The van der Waals surface area contributed by atoms with Crippen molar-refractivity contribution in [3.63, 3.8) is 0 Å². The topological polar surface area (TPSA) is 21.3 Å². The summed E-state index contributed by atoms with van der Waals surface area (Å²) in [5, 5.41) is 4.06. The molecule has 1 N–H and O–H groups in total. The number of benzene rings is 3. The Kier molecular flexibility index (Phi) is 5.78. The van der Waals surface area contributed by atoms with Gasteiger partial charge in [-0.05, 0) is 57.4 Å². The Hall–Kier alpha value is -1.97. The first kappa shape index (κ1) is 16.9. The fraction of sp³-hybridized carbons (Fsp3) is 0.100. The fourth-order valence-electron chi connectivity index (χ4n) is 2.25. The lowest BCUT2D eigenvalue weighted by atomic mass is 10.2. The zero-order chi connectivity index (χ0) is 16.8. The van der Waals surface area contributed by atoms with Crippen LogP contribution in [0, 0.1) is 0 Å². The van der Waals surface area contributed by atoms with Crippen LogP contribution in [0.5, 0.6) is 5.75 Å². The molecule has 3 rings (SSSR count). The van der Waals surface area contributed by atoms with Crippen molar-refractivity contribution in [2.75, 3.05) is 5.32 Å². The second-order valence-corrected chi connectivity index (χ2v) is 6.66. The van der Waals surface area contributed by atoms with E-state index in [9.17, 15) is 0 Å². The highest BCUT2D eigenvalue weighted by molar-refractivity contribution is 9.10. The molecule has 4 heteroatoms. The van der Waals surface area contributed by atoms with Crippen LogP contribution in [0.4, 0.5) is 5.69 Å². The van der Waals surface area contributed by atoms with E-state index in [1.54, 1.807) is 0 Å². The van der Waals surface area contributed by atoms with Crippen molar-refractivity contribution in [3.8, 4) is 5.75 Å². The average molecular weight is 403 g/mol. The normalized spacial score (nSPS) is 10.4. The molecule has 0 saturated heterocycles. The van der Waals surface area contributed by atoms with Crippen molar-refractivity contribution < 1.29 is 4.74 Å². The van der Waals surface area contributed by atoms with E-state index < -0.39 is 0 Å². The second kappa shape index (κ2) is 8.22. The number of nitrogens with one attached hydrogen (secondary N) is 1. The maximum Gasteiger partial charge on any atom is 0.119 e. The summed E-state index contributed by atoms with van der Waals surface area (Å²) in [5.74, 6) is 0.870. The van der Waals surface area contributed by atoms with Crippen molar-refractivity contribution in [1.29, 1.82) is 0 Å². The minimum Gasteiger partial charge on any atom is -0.489 e. The van der Waals surface area contributed by atoms with Crippen LogP contribution in [0.2, 0.25) is 5.02 Å². The van der Waals surface area contributed by atoms with Gasteiger partial charge in [-0.3, -0.25) is 0 Å². The van der Waals surface area contributed by atoms with Crippen molar-refractivity contribution in [2.45, 2.75) is 13.2 Å². The lowest BCUT2D eigenvalue weighted by Gasteiger charge is -2.09. The lowest BCUT2D eigenvalue weighted by molar-refractivity contribution is 0.306. The molecule has 0 unspecified atom stereocenters. The van der Waals surface area contributed by atoms with Gasteiger partial charge < -0.3 is 10.1 Å². The molecule has 122 valence electrons. The molecule has 0 fully saturated rings. The van der Waals surface area contributed by atoms with Crippen LogP contribution in [0.3, 0.4) is 0 Å². The molecule has 0 heterocycles. The zero-order valence-electron chi connectivity index (χ0n) is 13.0. The molecular weight excluding hydrogens is 386 g/mol. The highest BCUT2D eigenvalue weighted by Gasteiger charge is 2.00. The summed E-state index contributed by atoms with van der Waals surface area (Å²) in [4.78, 5) is 0. The van der Waals surface area contributed by atoms with Crippen molar-refractivity contribution in [1.82, 2.24) is 0 Å². The van der Waals surface area contributed by atoms with Crippen LogP contribution >= 0.6 is 27.5 Å². The van der Waals surface area contributed by atoms with Crippen molar-refractivity contribution >= 4 is 33.2 Å². The minimum absolute atomic E-state index is 0.579. The maximum atomic E-state index is 6.10. The maximum absolute atomic E-state index is 6.10. The molecule has 0 aromatic heterocycles. The predicted octanol–water partition coefficient (Wildman–Crippen LogP) is 6.29. The molecule has 3 aromatic carbocycles. The summed E-state index contributed by atoms with van der Waals surface area (Å²) in [6.45, 7) is 1.31. The quantitative estimate of drug-likeness (QED) is 0.523. The van der Waals surface area contributed by atoms with Gasteiger partial charge in [0.25, 0.3) is 0 Å². The molecular formula is C20H17BrClNO. The van der Waals surface area contributed by atoms with Gasteiger partial charge in [-0.2, -0.15) is 0 Å². The van der Waals surface area contributed by atoms with Crippen LogP contribution in [-0.2, 0) is 13.2 Å². The van der Waals surface area contributed by atoms with Crippen LogP contribution in [0.1, 0.15) is 11.1 Å². The summed E-state index contributed by atoms with van der Waals surface area (Å²) in [5.41, 5.74) is 3.34. The third-order valence-electron chi connectivity index (χ3n) is 3.59. The molecule has 0 atom stereocenters.